The van der Waals surface area contributed by atoms with Crippen molar-refractivity contribution in [3.63, 3.8) is 0 Å². The maximum Gasteiger partial charge on any atom is 0.258 e. The first-order valence-corrected chi connectivity index (χ1v) is 8.43. The Bertz CT molecular complexity index is 608. The monoisotopic (exact) mass is 387 g/mol. The van der Waals surface area contributed by atoms with Crippen LogP contribution in [0.3, 0.4) is 0 Å². The van der Waals surface area contributed by atoms with Gasteiger partial charge in [-0.2, -0.15) is 0 Å². The average Bonchev–Trinajstić information content (AvgIpc) is 2.91. The summed E-state index contributed by atoms with van der Waals surface area (Å²) in [5.74, 6) is 0.369. The Labute approximate surface area is 141 Å². The minimum absolute atomic E-state index is 0.0254. The molecule has 0 aliphatic heterocycles. The molecule has 2 rings (SSSR count). The van der Waals surface area contributed by atoms with Crippen molar-refractivity contribution in [2.45, 2.75) is 19.9 Å². The van der Waals surface area contributed by atoms with Gasteiger partial charge >= 0.3 is 0 Å². The first-order chi connectivity index (χ1) is 9.97. The molecule has 1 aromatic heterocycles. The van der Waals surface area contributed by atoms with Gasteiger partial charge in [-0.3, -0.25) is 4.79 Å². The van der Waals surface area contributed by atoms with E-state index in [9.17, 15) is 4.79 Å². The first-order valence-electron chi connectivity index (χ1n) is 6.38. The van der Waals surface area contributed by atoms with Gasteiger partial charge in [0, 0.05) is 9.35 Å². The van der Waals surface area contributed by atoms with Crippen molar-refractivity contribution in [3.05, 3.63) is 49.6 Å². The molecule has 0 fully saturated rings. The van der Waals surface area contributed by atoms with E-state index >= 15 is 0 Å². The molecule has 0 saturated heterocycles. The third kappa shape index (κ3) is 4.46. The summed E-state index contributed by atoms with van der Waals surface area (Å²) in [4.78, 5) is 13.0. The highest BCUT2D eigenvalue weighted by atomic mass is 79.9. The normalized spacial score (nSPS) is 12.0. The number of amides is 1. The number of thiophene rings is 1. The van der Waals surface area contributed by atoms with Gasteiger partial charge in [-0.25, -0.2) is 0 Å². The number of halogens is 2. The standard InChI is InChI=1S/C15H15BrClNO2S/c1-9-6-11(16)7-12(17)15(9)20-8-14(19)18-10(2)13-4-3-5-21-13/h3-7,10H,8H2,1-2H3,(H,18,19)/t10-/m0/s1. The molecule has 1 amide bonds. The minimum Gasteiger partial charge on any atom is -0.482 e. The zero-order chi connectivity index (χ0) is 15.4. The molecule has 0 unspecified atom stereocenters. The molecule has 6 heteroatoms. The highest BCUT2D eigenvalue weighted by molar-refractivity contribution is 9.10. The van der Waals surface area contributed by atoms with Crippen molar-refractivity contribution in [3.8, 4) is 5.75 Å². The number of hydrogen-bond acceptors (Lipinski definition) is 3. The van der Waals surface area contributed by atoms with Crippen LogP contribution >= 0.6 is 38.9 Å². The molecule has 1 atom stereocenters. The number of benzene rings is 1. The summed E-state index contributed by atoms with van der Waals surface area (Å²) < 4.78 is 6.42. The molecule has 0 saturated carbocycles. The molecule has 2 aromatic rings. The summed E-state index contributed by atoms with van der Waals surface area (Å²) in [6.07, 6.45) is 0. The fourth-order valence-corrected chi connectivity index (χ4v) is 3.66. The molecule has 0 aliphatic carbocycles. The number of aryl methyl sites for hydroxylation is 1. The van der Waals surface area contributed by atoms with E-state index in [0.717, 1.165) is 14.9 Å². The van der Waals surface area contributed by atoms with Gasteiger partial charge < -0.3 is 10.1 Å². The van der Waals surface area contributed by atoms with E-state index < -0.39 is 0 Å². The predicted octanol–water partition coefficient (Wildman–Crippen LogP) is 4.73. The molecular formula is C15H15BrClNO2S. The average molecular weight is 389 g/mol. The minimum atomic E-state index is -0.172. The van der Waals surface area contributed by atoms with Crippen LogP contribution in [-0.2, 0) is 4.79 Å². The van der Waals surface area contributed by atoms with Crippen LogP contribution in [-0.4, -0.2) is 12.5 Å². The zero-order valence-corrected chi connectivity index (χ0v) is 14.8. The largest absolute Gasteiger partial charge is 0.482 e. The number of carbonyl (C=O) groups is 1. The second-order valence-electron chi connectivity index (χ2n) is 4.63. The van der Waals surface area contributed by atoms with Crippen LogP contribution < -0.4 is 10.1 Å². The van der Waals surface area contributed by atoms with E-state index in [2.05, 4.69) is 21.2 Å². The van der Waals surface area contributed by atoms with Gasteiger partial charge in [0.1, 0.15) is 5.75 Å². The fourth-order valence-electron chi connectivity index (χ4n) is 1.90. The van der Waals surface area contributed by atoms with Crippen molar-refractivity contribution in [2.75, 3.05) is 6.61 Å². The van der Waals surface area contributed by atoms with Crippen LogP contribution in [0, 0.1) is 6.92 Å². The Morgan fingerprint density at radius 1 is 1.52 bits per heavy atom. The Kier molecular flexibility index (Phi) is 5.67. The van der Waals surface area contributed by atoms with Gasteiger partial charge in [0.2, 0.25) is 0 Å². The highest BCUT2D eigenvalue weighted by Crippen LogP contribution is 2.31. The Hall–Kier alpha value is -1.04. The summed E-state index contributed by atoms with van der Waals surface area (Å²) >= 11 is 11.1. The molecule has 0 spiro atoms. The highest BCUT2D eigenvalue weighted by Gasteiger charge is 2.13. The SMILES string of the molecule is Cc1cc(Br)cc(Cl)c1OCC(=O)N[C@@H](C)c1cccs1. The van der Waals surface area contributed by atoms with Crippen molar-refractivity contribution >= 4 is 44.8 Å². The van der Waals surface area contributed by atoms with E-state index in [-0.39, 0.29) is 18.6 Å². The molecule has 1 N–H and O–H groups in total. The van der Waals surface area contributed by atoms with Crippen LogP contribution in [0.1, 0.15) is 23.4 Å². The van der Waals surface area contributed by atoms with Gasteiger partial charge in [-0.05, 0) is 43.0 Å². The van der Waals surface area contributed by atoms with Crippen molar-refractivity contribution in [2.24, 2.45) is 0 Å². The summed E-state index contributed by atoms with van der Waals surface area (Å²) in [6, 6.07) is 7.57. The van der Waals surface area contributed by atoms with Gasteiger partial charge in [-0.1, -0.05) is 33.6 Å². The topological polar surface area (TPSA) is 38.3 Å². The fraction of sp³-hybridized carbons (Fsp3) is 0.267. The van der Waals surface area contributed by atoms with Crippen LogP contribution in [0.4, 0.5) is 0 Å². The lowest BCUT2D eigenvalue weighted by molar-refractivity contribution is -0.123. The van der Waals surface area contributed by atoms with Crippen molar-refractivity contribution in [1.29, 1.82) is 0 Å². The molecule has 1 heterocycles. The molecule has 0 radical (unpaired) electrons. The number of rotatable bonds is 5. The lowest BCUT2D eigenvalue weighted by Crippen LogP contribution is -2.31. The predicted molar refractivity (Wildman–Crippen MR) is 90.3 cm³/mol. The maximum absolute atomic E-state index is 11.9. The van der Waals surface area contributed by atoms with E-state index in [1.807, 2.05) is 37.4 Å². The lowest BCUT2D eigenvalue weighted by atomic mass is 10.2. The maximum atomic E-state index is 11.9. The van der Waals surface area contributed by atoms with E-state index in [0.29, 0.717) is 10.8 Å². The second kappa shape index (κ2) is 7.29. The molecule has 1 aromatic carbocycles. The Morgan fingerprint density at radius 3 is 2.90 bits per heavy atom. The van der Waals surface area contributed by atoms with Crippen molar-refractivity contribution < 1.29 is 9.53 Å². The molecule has 0 aliphatic rings. The van der Waals surface area contributed by atoms with Gasteiger partial charge in [0.05, 0.1) is 11.1 Å². The molecular weight excluding hydrogens is 374 g/mol. The van der Waals surface area contributed by atoms with E-state index in [4.69, 9.17) is 16.3 Å². The van der Waals surface area contributed by atoms with Crippen LogP contribution in [0.5, 0.6) is 5.75 Å². The summed E-state index contributed by atoms with van der Waals surface area (Å²) in [5, 5.41) is 5.37. The van der Waals surface area contributed by atoms with Gasteiger partial charge in [0.15, 0.2) is 6.61 Å². The quantitative estimate of drug-likeness (QED) is 0.804. The molecule has 3 nitrogen and oxygen atoms in total. The number of ether oxygens (including phenoxy) is 1. The van der Waals surface area contributed by atoms with Gasteiger partial charge in [0.25, 0.3) is 5.91 Å². The number of hydrogen-bond donors (Lipinski definition) is 1. The van der Waals surface area contributed by atoms with Crippen LogP contribution in [0.25, 0.3) is 0 Å². The zero-order valence-electron chi connectivity index (χ0n) is 11.7. The van der Waals surface area contributed by atoms with Crippen LogP contribution in [0.2, 0.25) is 5.02 Å². The van der Waals surface area contributed by atoms with E-state index in [1.54, 1.807) is 17.4 Å². The smallest absolute Gasteiger partial charge is 0.258 e. The third-order valence-corrected chi connectivity index (χ3v) is 4.68. The number of nitrogens with one attached hydrogen (secondary N) is 1. The summed E-state index contributed by atoms with van der Waals surface area (Å²) in [7, 11) is 0. The lowest BCUT2D eigenvalue weighted by Gasteiger charge is -2.14. The number of carbonyl (C=O) groups excluding carboxylic acids is 1. The molecule has 0 bridgehead atoms. The first kappa shape index (κ1) is 16.3. The third-order valence-electron chi connectivity index (χ3n) is 2.89. The van der Waals surface area contributed by atoms with Crippen LogP contribution in [0.15, 0.2) is 34.1 Å². The van der Waals surface area contributed by atoms with Crippen molar-refractivity contribution in [1.82, 2.24) is 5.32 Å². The second-order valence-corrected chi connectivity index (χ2v) is 6.93. The Balaban J connectivity index is 1.93. The summed E-state index contributed by atoms with van der Waals surface area (Å²) in [5.41, 5.74) is 0.883. The summed E-state index contributed by atoms with van der Waals surface area (Å²) in [6.45, 7) is 3.78. The molecule has 21 heavy (non-hydrogen) atoms. The van der Waals surface area contributed by atoms with Gasteiger partial charge in [-0.15, -0.1) is 11.3 Å². The van der Waals surface area contributed by atoms with E-state index in [1.165, 1.54) is 0 Å². The Morgan fingerprint density at radius 2 is 2.29 bits per heavy atom. The molecule has 112 valence electrons.